The second kappa shape index (κ2) is 9.54. The van der Waals surface area contributed by atoms with Crippen LogP contribution in [0.4, 0.5) is 0 Å². The predicted octanol–water partition coefficient (Wildman–Crippen LogP) is 4.97. The highest BCUT2D eigenvalue weighted by atomic mass is 16.2. The van der Waals surface area contributed by atoms with Crippen molar-refractivity contribution in [1.29, 1.82) is 0 Å². The van der Waals surface area contributed by atoms with Crippen molar-refractivity contribution >= 4 is 0 Å². The van der Waals surface area contributed by atoms with Crippen LogP contribution in [0.25, 0.3) is 11.1 Å². The van der Waals surface area contributed by atoms with Crippen LogP contribution < -0.4 is 0 Å². The average Bonchev–Trinajstić information content (AvgIpc) is 2.63. The first kappa shape index (κ1) is 16.0. The maximum atomic E-state index is 8.53. The summed E-state index contributed by atoms with van der Waals surface area (Å²) in [6.07, 6.45) is 1.85. The van der Waals surface area contributed by atoms with Crippen LogP contribution in [0.3, 0.4) is 0 Å². The van der Waals surface area contributed by atoms with Gasteiger partial charge in [0, 0.05) is 6.61 Å². The Labute approximate surface area is 132 Å². The van der Waals surface area contributed by atoms with Gasteiger partial charge in [-0.25, -0.2) is 0 Å². The van der Waals surface area contributed by atoms with E-state index in [1.165, 1.54) is 16.7 Å². The largest absolute Gasteiger partial charge is 0.396 e. The molecule has 22 heavy (non-hydrogen) atoms. The van der Waals surface area contributed by atoms with E-state index in [0.29, 0.717) is 0 Å². The molecular weight excluding hydrogens is 268 g/mol. The van der Waals surface area contributed by atoms with E-state index < -0.39 is 0 Å². The summed E-state index contributed by atoms with van der Waals surface area (Å²) in [5.74, 6) is 0. The zero-order chi connectivity index (χ0) is 15.5. The molecule has 0 heterocycles. The van der Waals surface area contributed by atoms with Gasteiger partial charge in [0.15, 0.2) is 0 Å². The molecule has 0 amide bonds. The molecule has 1 N–H and O–H groups in total. The zero-order valence-electron chi connectivity index (χ0n) is 12.7. The quantitative estimate of drug-likeness (QED) is 0.719. The summed E-state index contributed by atoms with van der Waals surface area (Å²) in [4.78, 5) is 0. The van der Waals surface area contributed by atoms with E-state index in [-0.39, 0.29) is 6.61 Å². The van der Waals surface area contributed by atoms with Crippen LogP contribution in [0, 0.1) is 0 Å². The monoisotopic (exact) mass is 290 g/mol. The Morgan fingerprint density at radius 2 is 0.955 bits per heavy atom. The van der Waals surface area contributed by atoms with E-state index in [2.05, 4.69) is 60.7 Å². The summed E-state index contributed by atoms with van der Waals surface area (Å²) in [6, 6.07) is 31.0. The van der Waals surface area contributed by atoms with Crippen molar-refractivity contribution in [2.24, 2.45) is 0 Å². The van der Waals surface area contributed by atoms with E-state index in [9.17, 15) is 0 Å². The lowest BCUT2D eigenvalue weighted by molar-refractivity contribution is 0.288. The molecule has 0 aliphatic heterocycles. The van der Waals surface area contributed by atoms with Gasteiger partial charge in [0.2, 0.25) is 0 Å². The molecule has 0 aliphatic rings. The molecule has 3 aromatic rings. The molecule has 0 radical (unpaired) electrons. The number of hydrogen-bond donors (Lipinski definition) is 1. The van der Waals surface area contributed by atoms with Crippen molar-refractivity contribution in [2.75, 3.05) is 6.61 Å². The van der Waals surface area contributed by atoms with Crippen molar-refractivity contribution < 1.29 is 5.11 Å². The SMILES string of the molecule is OCCCc1ccccc1.c1ccc(-c2ccccc2)cc1. The molecule has 0 spiro atoms. The number of aliphatic hydroxyl groups excluding tert-OH is 1. The second-order valence-corrected chi connectivity index (χ2v) is 5.04. The van der Waals surface area contributed by atoms with E-state index >= 15 is 0 Å². The Kier molecular flexibility index (Phi) is 6.94. The third kappa shape index (κ3) is 5.55. The maximum absolute atomic E-state index is 8.53. The number of aryl methyl sites for hydroxylation is 1. The third-order valence-electron chi connectivity index (χ3n) is 3.35. The van der Waals surface area contributed by atoms with Crippen LogP contribution in [-0.2, 0) is 6.42 Å². The van der Waals surface area contributed by atoms with E-state index in [4.69, 9.17) is 5.11 Å². The van der Waals surface area contributed by atoms with E-state index in [1.54, 1.807) is 0 Å². The Bertz CT molecular complexity index is 580. The number of benzene rings is 3. The summed E-state index contributed by atoms with van der Waals surface area (Å²) in [6.45, 7) is 0.287. The van der Waals surface area contributed by atoms with Crippen molar-refractivity contribution in [1.82, 2.24) is 0 Å². The van der Waals surface area contributed by atoms with Gasteiger partial charge >= 0.3 is 0 Å². The van der Waals surface area contributed by atoms with Crippen molar-refractivity contribution in [3.8, 4) is 11.1 Å². The number of hydrogen-bond acceptors (Lipinski definition) is 1. The molecule has 0 saturated carbocycles. The molecular formula is C21H22O. The standard InChI is InChI=1S/C12H10.C9H12O/c1-3-7-11(8-4-1)12-9-5-2-6-10-12;10-8-4-7-9-5-2-1-3-6-9/h1-10H;1-3,5-6,10H,4,7-8H2. The lowest BCUT2D eigenvalue weighted by Crippen LogP contribution is -1.87. The number of rotatable bonds is 4. The van der Waals surface area contributed by atoms with Gasteiger partial charge in [0.05, 0.1) is 0 Å². The molecule has 0 bridgehead atoms. The minimum Gasteiger partial charge on any atom is -0.396 e. The molecule has 3 rings (SSSR count). The topological polar surface area (TPSA) is 20.2 Å². The van der Waals surface area contributed by atoms with Gasteiger partial charge in [-0.3, -0.25) is 0 Å². The van der Waals surface area contributed by atoms with E-state index in [0.717, 1.165) is 12.8 Å². The zero-order valence-corrected chi connectivity index (χ0v) is 12.7. The summed E-state index contributed by atoms with van der Waals surface area (Å²) in [5, 5.41) is 8.53. The smallest absolute Gasteiger partial charge is 0.0434 e. The van der Waals surface area contributed by atoms with Crippen molar-refractivity contribution in [3.63, 3.8) is 0 Å². The van der Waals surface area contributed by atoms with Crippen LogP contribution in [0.5, 0.6) is 0 Å². The lowest BCUT2D eigenvalue weighted by atomic mass is 10.1. The normalized spacial score (nSPS) is 9.68. The first-order valence-electron chi connectivity index (χ1n) is 7.65. The molecule has 0 aliphatic carbocycles. The van der Waals surface area contributed by atoms with Crippen LogP contribution in [-0.4, -0.2) is 11.7 Å². The summed E-state index contributed by atoms with van der Waals surface area (Å²) < 4.78 is 0. The van der Waals surface area contributed by atoms with Gasteiger partial charge in [-0.1, -0.05) is 91.0 Å². The van der Waals surface area contributed by atoms with Crippen LogP contribution in [0.2, 0.25) is 0 Å². The third-order valence-corrected chi connectivity index (χ3v) is 3.35. The minimum absolute atomic E-state index is 0.287. The molecule has 112 valence electrons. The average molecular weight is 290 g/mol. The molecule has 0 atom stereocenters. The fourth-order valence-corrected chi connectivity index (χ4v) is 2.19. The first-order valence-corrected chi connectivity index (χ1v) is 7.65. The van der Waals surface area contributed by atoms with Crippen LogP contribution in [0.1, 0.15) is 12.0 Å². The number of aliphatic hydroxyl groups is 1. The molecule has 0 aromatic heterocycles. The van der Waals surface area contributed by atoms with Gasteiger partial charge in [-0.2, -0.15) is 0 Å². The van der Waals surface area contributed by atoms with Gasteiger partial charge in [-0.05, 0) is 29.5 Å². The lowest BCUT2D eigenvalue weighted by Gasteiger charge is -1.98. The Morgan fingerprint density at radius 1 is 0.545 bits per heavy atom. The predicted molar refractivity (Wildman–Crippen MR) is 93.7 cm³/mol. The Hall–Kier alpha value is -2.38. The van der Waals surface area contributed by atoms with Crippen LogP contribution in [0.15, 0.2) is 91.0 Å². The highest BCUT2D eigenvalue weighted by molar-refractivity contribution is 5.62. The fraction of sp³-hybridized carbons (Fsp3) is 0.143. The van der Waals surface area contributed by atoms with Gasteiger partial charge < -0.3 is 5.11 Å². The summed E-state index contributed by atoms with van der Waals surface area (Å²) in [7, 11) is 0. The summed E-state index contributed by atoms with van der Waals surface area (Å²) in [5.41, 5.74) is 3.85. The molecule has 0 saturated heterocycles. The van der Waals surface area contributed by atoms with E-state index in [1.807, 2.05) is 30.3 Å². The minimum atomic E-state index is 0.287. The molecule has 0 unspecified atom stereocenters. The van der Waals surface area contributed by atoms with Crippen molar-refractivity contribution in [3.05, 3.63) is 96.6 Å². The van der Waals surface area contributed by atoms with Gasteiger partial charge in [0.1, 0.15) is 0 Å². The molecule has 1 heteroatoms. The summed E-state index contributed by atoms with van der Waals surface area (Å²) >= 11 is 0. The van der Waals surface area contributed by atoms with Gasteiger partial charge in [0.25, 0.3) is 0 Å². The maximum Gasteiger partial charge on any atom is 0.0434 e. The Morgan fingerprint density at radius 3 is 1.36 bits per heavy atom. The highest BCUT2D eigenvalue weighted by Gasteiger charge is 1.91. The Balaban J connectivity index is 0.000000164. The fourth-order valence-electron chi connectivity index (χ4n) is 2.19. The van der Waals surface area contributed by atoms with Gasteiger partial charge in [-0.15, -0.1) is 0 Å². The van der Waals surface area contributed by atoms with Crippen molar-refractivity contribution in [2.45, 2.75) is 12.8 Å². The highest BCUT2D eigenvalue weighted by Crippen LogP contribution is 2.17. The first-order chi connectivity index (χ1) is 10.9. The second-order valence-electron chi connectivity index (χ2n) is 5.04. The molecule has 0 fully saturated rings. The molecule has 1 nitrogen and oxygen atoms in total. The molecule has 3 aromatic carbocycles. The van der Waals surface area contributed by atoms with Crippen LogP contribution >= 0.6 is 0 Å².